The van der Waals surface area contributed by atoms with Crippen LogP contribution in [0, 0.1) is 5.82 Å². The van der Waals surface area contributed by atoms with Crippen molar-refractivity contribution >= 4 is 5.91 Å². The smallest absolute Gasteiger partial charge is 0.224 e. The van der Waals surface area contributed by atoms with Crippen molar-refractivity contribution in [1.82, 2.24) is 20.1 Å². The van der Waals surface area contributed by atoms with Crippen LogP contribution in [-0.4, -0.2) is 27.2 Å². The monoisotopic (exact) mass is 316 g/mol. The van der Waals surface area contributed by atoms with E-state index >= 15 is 0 Å². The number of fused-ring (bicyclic) bond motifs is 1. The van der Waals surface area contributed by atoms with Gasteiger partial charge in [-0.15, -0.1) is 10.2 Å². The lowest BCUT2D eigenvalue weighted by atomic mass is 10.1. The van der Waals surface area contributed by atoms with Gasteiger partial charge < -0.3 is 9.88 Å². The molecular formula is C17H21FN4O. The second-order valence-corrected chi connectivity index (χ2v) is 5.90. The first-order valence-corrected chi connectivity index (χ1v) is 8.14. The number of hydrogen-bond donors (Lipinski definition) is 1. The lowest BCUT2D eigenvalue weighted by molar-refractivity contribution is -0.120. The molecule has 3 rings (SSSR count). The van der Waals surface area contributed by atoms with Gasteiger partial charge in [-0.1, -0.05) is 18.6 Å². The van der Waals surface area contributed by atoms with Gasteiger partial charge in [0, 0.05) is 25.9 Å². The molecule has 2 heterocycles. The van der Waals surface area contributed by atoms with E-state index in [1.165, 1.54) is 25.0 Å². The minimum atomic E-state index is -0.290. The summed E-state index contributed by atoms with van der Waals surface area (Å²) in [7, 11) is 0. The molecule has 2 aromatic rings. The standard InChI is InChI=1S/C17H21FN4O/c18-14-7-5-13(6-8-14)12-17(23)19-10-9-16-21-20-15-4-2-1-3-11-22(15)16/h5-8H,1-4,9-12H2,(H,19,23). The highest BCUT2D eigenvalue weighted by Crippen LogP contribution is 2.14. The molecule has 0 radical (unpaired) electrons. The minimum Gasteiger partial charge on any atom is -0.355 e. The number of nitrogens with zero attached hydrogens (tertiary/aromatic N) is 3. The van der Waals surface area contributed by atoms with E-state index in [4.69, 9.17) is 0 Å². The van der Waals surface area contributed by atoms with Crippen molar-refractivity contribution in [1.29, 1.82) is 0 Å². The number of hydrogen-bond acceptors (Lipinski definition) is 3. The summed E-state index contributed by atoms with van der Waals surface area (Å²) in [5.41, 5.74) is 0.806. The molecule has 5 nitrogen and oxygen atoms in total. The van der Waals surface area contributed by atoms with Crippen LogP contribution in [0.1, 0.15) is 36.5 Å². The maximum Gasteiger partial charge on any atom is 0.224 e. The van der Waals surface area contributed by atoms with Gasteiger partial charge >= 0.3 is 0 Å². The predicted molar refractivity (Wildman–Crippen MR) is 84.4 cm³/mol. The SMILES string of the molecule is O=C(Cc1ccc(F)cc1)NCCc1nnc2n1CCCCC2. The predicted octanol–water partition coefficient (Wildman–Crippen LogP) is 2.04. The molecule has 0 saturated carbocycles. The van der Waals surface area contributed by atoms with Crippen molar-refractivity contribution in [2.75, 3.05) is 6.54 Å². The zero-order chi connectivity index (χ0) is 16.1. The maximum atomic E-state index is 12.8. The molecule has 1 aromatic carbocycles. The second kappa shape index (κ2) is 7.35. The van der Waals surface area contributed by atoms with Crippen LogP contribution >= 0.6 is 0 Å². The van der Waals surface area contributed by atoms with Gasteiger partial charge in [-0.25, -0.2) is 4.39 Å². The molecule has 1 amide bonds. The summed E-state index contributed by atoms with van der Waals surface area (Å²) in [6.07, 6.45) is 5.50. The largest absolute Gasteiger partial charge is 0.355 e. The lowest BCUT2D eigenvalue weighted by Crippen LogP contribution is -2.28. The topological polar surface area (TPSA) is 59.8 Å². The van der Waals surface area contributed by atoms with Gasteiger partial charge in [0.25, 0.3) is 0 Å². The van der Waals surface area contributed by atoms with E-state index in [0.717, 1.165) is 36.6 Å². The van der Waals surface area contributed by atoms with Crippen molar-refractivity contribution < 1.29 is 9.18 Å². The molecule has 0 fully saturated rings. The Morgan fingerprint density at radius 2 is 2.00 bits per heavy atom. The fourth-order valence-electron chi connectivity index (χ4n) is 2.89. The number of halogens is 1. The van der Waals surface area contributed by atoms with Gasteiger partial charge in [0.15, 0.2) is 0 Å². The Labute approximate surface area is 134 Å². The second-order valence-electron chi connectivity index (χ2n) is 5.90. The van der Waals surface area contributed by atoms with Gasteiger partial charge in [0.2, 0.25) is 5.91 Å². The summed E-state index contributed by atoms with van der Waals surface area (Å²) in [5, 5.41) is 11.4. The number of carbonyl (C=O) groups is 1. The van der Waals surface area contributed by atoms with E-state index in [0.29, 0.717) is 13.0 Å². The van der Waals surface area contributed by atoms with E-state index in [-0.39, 0.29) is 18.1 Å². The fourth-order valence-corrected chi connectivity index (χ4v) is 2.89. The van der Waals surface area contributed by atoms with Crippen LogP contribution < -0.4 is 5.32 Å². The van der Waals surface area contributed by atoms with Gasteiger partial charge in [-0.05, 0) is 30.5 Å². The molecule has 1 N–H and O–H groups in total. The van der Waals surface area contributed by atoms with Gasteiger partial charge in [0.05, 0.1) is 6.42 Å². The molecular weight excluding hydrogens is 295 g/mol. The highest BCUT2D eigenvalue weighted by molar-refractivity contribution is 5.78. The van der Waals surface area contributed by atoms with Crippen LogP contribution in [0.15, 0.2) is 24.3 Å². The van der Waals surface area contributed by atoms with E-state index in [9.17, 15) is 9.18 Å². The highest BCUT2D eigenvalue weighted by Gasteiger charge is 2.14. The zero-order valence-corrected chi connectivity index (χ0v) is 13.1. The van der Waals surface area contributed by atoms with Crippen LogP contribution in [0.4, 0.5) is 4.39 Å². The molecule has 1 aliphatic heterocycles. The van der Waals surface area contributed by atoms with E-state index in [2.05, 4.69) is 20.1 Å². The highest BCUT2D eigenvalue weighted by atomic mass is 19.1. The van der Waals surface area contributed by atoms with Crippen molar-refractivity contribution in [2.24, 2.45) is 0 Å². The number of nitrogens with one attached hydrogen (secondary N) is 1. The minimum absolute atomic E-state index is 0.0628. The average Bonchev–Trinajstić information content (AvgIpc) is 2.78. The molecule has 0 spiro atoms. The third-order valence-electron chi connectivity index (χ3n) is 4.13. The molecule has 1 aliphatic rings. The summed E-state index contributed by atoms with van der Waals surface area (Å²) >= 11 is 0. The molecule has 0 unspecified atom stereocenters. The zero-order valence-electron chi connectivity index (χ0n) is 13.1. The van der Waals surface area contributed by atoms with Crippen molar-refractivity contribution in [3.8, 4) is 0 Å². The molecule has 0 saturated heterocycles. The fraction of sp³-hybridized carbons (Fsp3) is 0.471. The van der Waals surface area contributed by atoms with Crippen molar-refractivity contribution in [3.63, 3.8) is 0 Å². The first kappa shape index (κ1) is 15.6. The number of rotatable bonds is 5. The van der Waals surface area contributed by atoms with Crippen molar-refractivity contribution in [3.05, 3.63) is 47.3 Å². The maximum absolute atomic E-state index is 12.8. The molecule has 122 valence electrons. The number of aromatic nitrogens is 3. The molecule has 6 heteroatoms. The number of benzene rings is 1. The average molecular weight is 316 g/mol. The molecule has 23 heavy (non-hydrogen) atoms. The van der Waals surface area contributed by atoms with Crippen LogP contribution in [-0.2, 0) is 30.6 Å². The quantitative estimate of drug-likeness (QED) is 0.918. The molecule has 0 bridgehead atoms. The summed E-state index contributed by atoms with van der Waals surface area (Å²) in [6.45, 7) is 1.51. The van der Waals surface area contributed by atoms with Crippen LogP contribution in [0.2, 0.25) is 0 Å². The molecule has 0 atom stereocenters. The third-order valence-corrected chi connectivity index (χ3v) is 4.13. The van der Waals surface area contributed by atoms with E-state index in [1.54, 1.807) is 12.1 Å². The third kappa shape index (κ3) is 4.15. The Balaban J connectivity index is 1.48. The Morgan fingerprint density at radius 1 is 1.17 bits per heavy atom. The van der Waals surface area contributed by atoms with Crippen LogP contribution in [0.3, 0.4) is 0 Å². The Hall–Kier alpha value is -2.24. The Kier molecular flexibility index (Phi) is 5.00. The molecule has 1 aromatic heterocycles. The van der Waals surface area contributed by atoms with Crippen LogP contribution in [0.25, 0.3) is 0 Å². The Morgan fingerprint density at radius 3 is 2.83 bits per heavy atom. The van der Waals surface area contributed by atoms with Gasteiger partial charge in [-0.2, -0.15) is 0 Å². The normalized spacial score (nSPS) is 14.1. The number of amides is 1. The van der Waals surface area contributed by atoms with E-state index in [1.807, 2.05) is 0 Å². The summed E-state index contributed by atoms with van der Waals surface area (Å²) in [5.74, 6) is 1.66. The summed E-state index contributed by atoms with van der Waals surface area (Å²) < 4.78 is 15.0. The van der Waals surface area contributed by atoms with Crippen LogP contribution in [0.5, 0.6) is 0 Å². The summed E-state index contributed by atoms with van der Waals surface area (Å²) in [4.78, 5) is 11.9. The van der Waals surface area contributed by atoms with Gasteiger partial charge in [0.1, 0.15) is 17.5 Å². The first-order chi connectivity index (χ1) is 11.2. The molecule has 0 aliphatic carbocycles. The summed E-state index contributed by atoms with van der Waals surface area (Å²) in [6, 6.07) is 6.00. The van der Waals surface area contributed by atoms with E-state index < -0.39 is 0 Å². The Bertz CT molecular complexity index is 666. The van der Waals surface area contributed by atoms with Gasteiger partial charge in [-0.3, -0.25) is 4.79 Å². The van der Waals surface area contributed by atoms with Crippen molar-refractivity contribution in [2.45, 2.75) is 45.1 Å². The lowest BCUT2D eigenvalue weighted by Gasteiger charge is -2.08. The first-order valence-electron chi connectivity index (χ1n) is 8.14. The number of carbonyl (C=O) groups excluding carboxylic acids is 1. The number of aryl methyl sites for hydroxylation is 1.